The average Bonchev–Trinajstić information content (AvgIpc) is 3.25. The number of nitrogens with zero attached hydrogens (tertiary/aromatic N) is 3. The van der Waals surface area contributed by atoms with Gasteiger partial charge in [0.2, 0.25) is 10.0 Å². The van der Waals surface area contributed by atoms with Gasteiger partial charge in [0.1, 0.15) is 5.00 Å². The van der Waals surface area contributed by atoms with Crippen LogP contribution >= 0.6 is 11.3 Å². The minimum absolute atomic E-state index is 0.0707. The molecule has 0 radical (unpaired) electrons. The highest BCUT2D eigenvalue weighted by atomic mass is 32.2. The first-order chi connectivity index (χ1) is 17.3. The zero-order chi connectivity index (χ0) is 25.3. The number of fused-ring (bicyclic) bond motifs is 1. The minimum atomic E-state index is -3.56. The van der Waals surface area contributed by atoms with Gasteiger partial charge in [-0.3, -0.25) is 9.59 Å². The quantitative estimate of drug-likeness (QED) is 0.636. The van der Waals surface area contributed by atoms with Crippen LogP contribution in [0.2, 0.25) is 0 Å². The molecule has 9 nitrogen and oxygen atoms in total. The van der Waals surface area contributed by atoms with Gasteiger partial charge in [0.15, 0.2) is 0 Å². The third-order valence-electron chi connectivity index (χ3n) is 7.06. The fraction of sp³-hybridized carbons (Fsp3) is 0.520. The van der Waals surface area contributed by atoms with Gasteiger partial charge >= 0.3 is 0 Å². The van der Waals surface area contributed by atoms with Crippen LogP contribution in [0.1, 0.15) is 50.4 Å². The molecule has 1 aromatic heterocycles. The van der Waals surface area contributed by atoms with Gasteiger partial charge in [-0.15, -0.1) is 11.3 Å². The average molecular weight is 533 g/mol. The molecule has 1 aromatic carbocycles. The summed E-state index contributed by atoms with van der Waals surface area (Å²) in [5, 5.41) is 3.52. The van der Waals surface area contributed by atoms with E-state index in [2.05, 4.69) is 10.2 Å². The SMILES string of the molecule is CN1CCc2c(sc(NC(=O)c3ccc(S(=O)(=O)N4CCCCC4)cc3)c2C(=O)N2CCOCC2)C1. The van der Waals surface area contributed by atoms with Crippen molar-refractivity contribution in [3.8, 4) is 0 Å². The molecule has 36 heavy (non-hydrogen) atoms. The Balaban J connectivity index is 1.38. The maximum absolute atomic E-state index is 13.5. The molecule has 3 aliphatic rings. The lowest BCUT2D eigenvalue weighted by atomic mass is 10.0. The second-order valence-corrected chi connectivity index (χ2v) is 12.6. The number of hydrogen-bond donors (Lipinski definition) is 1. The predicted molar refractivity (Wildman–Crippen MR) is 138 cm³/mol. The molecule has 5 rings (SSSR count). The number of nitrogens with one attached hydrogen (secondary N) is 1. The van der Waals surface area contributed by atoms with Gasteiger partial charge in [-0.05, 0) is 56.1 Å². The standard InChI is InChI=1S/C25H32N4O5S2/c1-27-12-9-20-21(17-27)35-24(22(20)25(31)28-13-15-34-16-14-28)26-23(30)18-5-7-19(8-6-18)36(32,33)29-10-3-2-4-11-29/h5-8H,2-4,9-17H2,1H3,(H,26,30). The first-order valence-corrected chi connectivity index (χ1v) is 14.7. The molecule has 194 valence electrons. The summed E-state index contributed by atoms with van der Waals surface area (Å²) < 4.78 is 32.8. The maximum atomic E-state index is 13.5. The van der Waals surface area contributed by atoms with Crippen molar-refractivity contribution >= 4 is 38.2 Å². The Morgan fingerprint density at radius 3 is 2.36 bits per heavy atom. The van der Waals surface area contributed by atoms with Crippen molar-refractivity contribution in [1.29, 1.82) is 0 Å². The van der Waals surface area contributed by atoms with Crippen molar-refractivity contribution in [2.75, 3.05) is 58.3 Å². The van der Waals surface area contributed by atoms with Crippen LogP contribution in [0, 0.1) is 0 Å². The maximum Gasteiger partial charge on any atom is 0.257 e. The molecule has 3 aliphatic heterocycles. The molecular formula is C25H32N4O5S2. The smallest absolute Gasteiger partial charge is 0.257 e. The highest BCUT2D eigenvalue weighted by Crippen LogP contribution is 2.38. The topological polar surface area (TPSA) is 99.3 Å². The second kappa shape index (κ2) is 10.6. The summed E-state index contributed by atoms with van der Waals surface area (Å²) in [4.78, 5) is 32.0. The van der Waals surface area contributed by atoms with Crippen molar-refractivity contribution in [3.63, 3.8) is 0 Å². The highest BCUT2D eigenvalue weighted by molar-refractivity contribution is 7.89. The van der Waals surface area contributed by atoms with Crippen molar-refractivity contribution < 1.29 is 22.7 Å². The summed E-state index contributed by atoms with van der Waals surface area (Å²) in [6, 6.07) is 6.06. The monoisotopic (exact) mass is 532 g/mol. The van der Waals surface area contributed by atoms with E-state index in [-0.39, 0.29) is 16.7 Å². The van der Waals surface area contributed by atoms with Gasteiger partial charge in [-0.25, -0.2) is 8.42 Å². The summed E-state index contributed by atoms with van der Waals surface area (Å²) in [6.07, 6.45) is 3.54. The number of amides is 2. The molecule has 0 bridgehead atoms. The molecule has 2 fully saturated rings. The van der Waals surface area contributed by atoms with Crippen molar-refractivity contribution in [2.24, 2.45) is 0 Å². The Bertz CT molecular complexity index is 1230. The molecule has 2 saturated heterocycles. The number of thiophene rings is 1. The van der Waals surface area contributed by atoms with Gasteiger partial charge in [-0.2, -0.15) is 4.31 Å². The Morgan fingerprint density at radius 1 is 0.972 bits per heavy atom. The van der Waals surface area contributed by atoms with E-state index in [0.717, 1.165) is 49.2 Å². The first-order valence-electron chi connectivity index (χ1n) is 12.5. The van der Waals surface area contributed by atoms with E-state index in [1.54, 1.807) is 4.90 Å². The van der Waals surface area contributed by atoms with Gasteiger partial charge < -0.3 is 19.9 Å². The summed E-state index contributed by atoms with van der Waals surface area (Å²) in [7, 11) is -1.52. The lowest BCUT2D eigenvalue weighted by Crippen LogP contribution is -2.41. The molecule has 0 spiro atoms. The van der Waals surface area contributed by atoms with E-state index in [4.69, 9.17) is 4.74 Å². The third-order valence-corrected chi connectivity index (χ3v) is 10.1. The van der Waals surface area contributed by atoms with Crippen LogP contribution in [-0.4, -0.2) is 87.3 Å². The molecule has 0 unspecified atom stereocenters. The summed E-state index contributed by atoms with van der Waals surface area (Å²) in [5.74, 6) is -0.432. The van der Waals surface area contributed by atoms with E-state index in [1.807, 2.05) is 7.05 Å². The summed E-state index contributed by atoms with van der Waals surface area (Å²) in [5.41, 5.74) is 1.95. The van der Waals surface area contributed by atoms with Gasteiger partial charge in [0, 0.05) is 49.7 Å². The van der Waals surface area contributed by atoms with Crippen LogP contribution in [0.15, 0.2) is 29.2 Å². The Hall–Kier alpha value is -2.31. The van der Waals surface area contributed by atoms with Crippen LogP contribution < -0.4 is 5.32 Å². The molecule has 11 heteroatoms. The zero-order valence-corrected chi connectivity index (χ0v) is 22.1. The molecular weight excluding hydrogens is 500 g/mol. The lowest BCUT2D eigenvalue weighted by Gasteiger charge is -2.28. The summed E-state index contributed by atoms with van der Waals surface area (Å²) >= 11 is 1.45. The number of ether oxygens (including phenoxy) is 1. The van der Waals surface area contributed by atoms with Gasteiger partial charge in [0.05, 0.1) is 23.7 Å². The lowest BCUT2D eigenvalue weighted by molar-refractivity contribution is 0.0303. The summed E-state index contributed by atoms with van der Waals surface area (Å²) in [6.45, 7) is 4.74. The van der Waals surface area contributed by atoms with E-state index in [9.17, 15) is 18.0 Å². The molecule has 0 aliphatic carbocycles. The number of sulfonamides is 1. The number of hydrogen-bond acceptors (Lipinski definition) is 7. The normalized spacial score (nSPS) is 19.6. The molecule has 2 aromatic rings. The fourth-order valence-electron chi connectivity index (χ4n) is 4.98. The number of carbonyl (C=O) groups is 2. The number of likely N-dealkylation sites (N-methyl/N-ethyl adjacent to an activating group) is 1. The van der Waals surface area contributed by atoms with Gasteiger partial charge in [-0.1, -0.05) is 6.42 Å². The van der Waals surface area contributed by atoms with Gasteiger partial charge in [0.25, 0.3) is 11.8 Å². The van der Waals surface area contributed by atoms with Crippen molar-refractivity contribution in [2.45, 2.75) is 37.1 Å². The second-order valence-electron chi connectivity index (χ2n) is 9.54. The Morgan fingerprint density at radius 2 is 1.67 bits per heavy atom. The molecule has 0 saturated carbocycles. The minimum Gasteiger partial charge on any atom is -0.378 e. The van der Waals surface area contributed by atoms with Crippen LogP contribution in [0.25, 0.3) is 0 Å². The van der Waals surface area contributed by atoms with Crippen LogP contribution in [-0.2, 0) is 27.7 Å². The Kier molecular flexibility index (Phi) is 7.45. The molecule has 0 atom stereocenters. The number of rotatable bonds is 5. The van der Waals surface area contributed by atoms with E-state index >= 15 is 0 Å². The number of piperidine rings is 1. The van der Waals surface area contributed by atoms with E-state index in [0.29, 0.717) is 55.5 Å². The molecule has 4 heterocycles. The highest BCUT2D eigenvalue weighted by Gasteiger charge is 2.31. The number of carbonyl (C=O) groups excluding carboxylic acids is 2. The Labute approximate surface area is 216 Å². The zero-order valence-electron chi connectivity index (χ0n) is 20.5. The van der Waals surface area contributed by atoms with Crippen LogP contribution in [0.3, 0.4) is 0 Å². The predicted octanol–water partition coefficient (Wildman–Crippen LogP) is 2.64. The van der Waals surface area contributed by atoms with Crippen LogP contribution in [0.4, 0.5) is 5.00 Å². The number of anilines is 1. The van der Waals surface area contributed by atoms with Crippen LogP contribution in [0.5, 0.6) is 0 Å². The number of morpholine rings is 1. The molecule has 2 amide bonds. The van der Waals surface area contributed by atoms with Crippen molar-refractivity contribution in [1.82, 2.24) is 14.1 Å². The molecule has 1 N–H and O–H groups in total. The van der Waals surface area contributed by atoms with E-state index < -0.39 is 10.0 Å². The van der Waals surface area contributed by atoms with E-state index in [1.165, 1.54) is 39.9 Å². The van der Waals surface area contributed by atoms with Crippen molar-refractivity contribution in [3.05, 3.63) is 45.8 Å². The number of benzene rings is 1. The largest absolute Gasteiger partial charge is 0.378 e. The first kappa shape index (κ1) is 25.3. The third kappa shape index (κ3) is 5.08. The fourth-order valence-corrected chi connectivity index (χ4v) is 7.81.